The van der Waals surface area contributed by atoms with Gasteiger partial charge in [-0.1, -0.05) is 30.3 Å². The summed E-state index contributed by atoms with van der Waals surface area (Å²) in [6.45, 7) is 2.01. The second-order valence-electron chi connectivity index (χ2n) is 2.50. The zero-order valence-corrected chi connectivity index (χ0v) is 7.47. The Kier molecular flexibility index (Phi) is 3.46. The lowest BCUT2D eigenvalue weighted by atomic mass is 10.2. The number of benzene rings is 1. The monoisotopic (exact) mass is 167 g/mol. The molecule has 0 saturated heterocycles. The van der Waals surface area contributed by atoms with Crippen molar-refractivity contribution in [2.75, 3.05) is 0 Å². The Morgan fingerprint density at radius 1 is 1.36 bits per heavy atom. The van der Waals surface area contributed by atoms with Crippen molar-refractivity contribution in [2.24, 2.45) is 5.73 Å². The predicted octanol–water partition coefficient (Wildman–Crippen LogP) is 2.22. The summed E-state index contributed by atoms with van der Waals surface area (Å²) in [6, 6.07) is 10.4. The van der Waals surface area contributed by atoms with E-state index >= 15 is 0 Å². The Morgan fingerprint density at radius 3 is 2.55 bits per heavy atom. The third-order valence-electron chi connectivity index (χ3n) is 1.36. The molecule has 0 saturated carbocycles. The van der Waals surface area contributed by atoms with Crippen molar-refractivity contribution in [3.05, 3.63) is 35.9 Å². The molecule has 0 bridgehead atoms. The summed E-state index contributed by atoms with van der Waals surface area (Å²) in [6.07, 6.45) is 0. The maximum Gasteiger partial charge on any atom is 0.0481 e. The summed E-state index contributed by atoms with van der Waals surface area (Å²) in [7, 11) is 0. The van der Waals surface area contributed by atoms with E-state index in [0.717, 1.165) is 5.75 Å². The molecule has 0 fully saturated rings. The van der Waals surface area contributed by atoms with Gasteiger partial charge in [-0.2, -0.15) is 0 Å². The molecular weight excluding hydrogens is 154 g/mol. The molecule has 0 unspecified atom stereocenters. The number of nitrogens with two attached hydrogens (primary N) is 1. The van der Waals surface area contributed by atoms with Gasteiger partial charge in [0.05, 0.1) is 0 Å². The molecule has 60 valence electrons. The molecule has 0 aromatic heterocycles. The van der Waals surface area contributed by atoms with Crippen LogP contribution in [-0.4, -0.2) is 5.37 Å². The van der Waals surface area contributed by atoms with Gasteiger partial charge in [-0.25, -0.2) is 0 Å². The molecule has 0 spiro atoms. The van der Waals surface area contributed by atoms with Gasteiger partial charge in [0.25, 0.3) is 0 Å². The van der Waals surface area contributed by atoms with Crippen LogP contribution in [-0.2, 0) is 5.75 Å². The summed E-state index contributed by atoms with van der Waals surface area (Å²) < 4.78 is 0. The average Bonchev–Trinajstić information content (AvgIpc) is 2.03. The van der Waals surface area contributed by atoms with Gasteiger partial charge in [0.2, 0.25) is 0 Å². The SMILES string of the molecule is C[C@@H](N)SCc1ccccc1. The number of hydrogen-bond acceptors (Lipinski definition) is 2. The molecule has 1 atom stereocenters. The van der Waals surface area contributed by atoms with Crippen LogP contribution in [0.25, 0.3) is 0 Å². The molecule has 1 rings (SSSR count). The Morgan fingerprint density at radius 2 is 2.00 bits per heavy atom. The minimum atomic E-state index is 0.232. The molecule has 1 aromatic carbocycles. The maximum absolute atomic E-state index is 5.60. The topological polar surface area (TPSA) is 26.0 Å². The lowest BCUT2D eigenvalue weighted by Crippen LogP contribution is -2.09. The van der Waals surface area contributed by atoms with E-state index in [-0.39, 0.29) is 5.37 Å². The largest absolute Gasteiger partial charge is 0.320 e. The van der Waals surface area contributed by atoms with Gasteiger partial charge in [0.15, 0.2) is 0 Å². The lowest BCUT2D eigenvalue weighted by molar-refractivity contribution is 1.04. The molecule has 0 aliphatic rings. The normalized spacial score (nSPS) is 12.9. The van der Waals surface area contributed by atoms with Crippen molar-refractivity contribution in [1.82, 2.24) is 0 Å². The first-order valence-corrected chi connectivity index (χ1v) is 4.75. The summed E-state index contributed by atoms with van der Waals surface area (Å²) in [5.41, 5.74) is 6.95. The minimum absolute atomic E-state index is 0.232. The molecule has 0 heterocycles. The van der Waals surface area contributed by atoms with E-state index in [0.29, 0.717) is 0 Å². The fourth-order valence-electron chi connectivity index (χ4n) is 0.802. The van der Waals surface area contributed by atoms with Crippen LogP contribution < -0.4 is 5.73 Å². The minimum Gasteiger partial charge on any atom is -0.320 e. The van der Waals surface area contributed by atoms with Crippen molar-refractivity contribution in [3.8, 4) is 0 Å². The highest BCUT2D eigenvalue weighted by Gasteiger charge is 1.94. The molecule has 11 heavy (non-hydrogen) atoms. The smallest absolute Gasteiger partial charge is 0.0481 e. The molecule has 0 aliphatic heterocycles. The third-order valence-corrected chi connectivity index (χ3v) is 2.38. The number of hydrogen-bond donors (Lipinski definition) is 1. The fraction of sp³-hybridized carbons (Fsp3) is 0.333. The van der Waals surface area contributed by atoms with Crippen molar-refractivity contribution >= 4 is 11.8 Å². The lowest BCUT2D eigenvalue weighted by Gasteiger charge is -2.03. The van der Waals surface area contributed by atoms with E-state index in [4.69, 9.17) is 5.73 Å². The molecule has 2 N–H and O–H groups in total. The van der Waals surface area contributed by atoms with E-state index in [1.165, 1.54) is 5.56 Å². The highest BCUT2D eigenvalue weighted by molar-refractivity contribution is 7.99. The van der Waals surface area contributed by atoms with Gasteiger partial charge in [-0.05, 0) is 12.5 Å². The highest BCUT2D eigenvalue weighted by Crippen LogP contribution is 2.13. The summed E-state index contributed by atoms with van der Waals surface area (Å²) >= 11 is 1.76. The molecule has 0 amide bonds. The first kappa shape index (κ1) is 8.62. The molecule has 1 aromatic rings. The van der Waals surface area contributed by atoms with Crippen molar-refractivity contribution in [2.45, 2.75) is 18.1 Å². The standard InChI is InChI=1S/C9H13NS/c1-8(10)11-7-9-5-3-2-4-6-9/h2-6,8H,7,10H2,1H3/t8-/m0/s1. The van der Waals surface area contributed by atoms with Crippen LogP contribution in [0.2, 0.25) is 0 Å². The van der Waals surface area contributed by atoms with Crippen LogP contribution in [0, 0.1) is 0 Å². The average molecular weight is 167 g/mol. The Bertz CT molecular complexity index is 196. The van der Waals surface area contributed by atoms with Crippen LogP contribution in [0.4, 0.5) is 0 Å². The Hall–Kier alpha value is -0.470. The molecule has 1 nitrogen and oxygen atoms in total. The van der Waals surface area contributed by atoms with Crippen molar-refractivity contribution < 1.29 is 0 Å². The first-order valence-electron chi connectivity index (χ1n) is 3.70. The van der Waals surface area contributed by atoms with E-state index < -0.39 is 0 Å². The first-order chi connectivity index (χ1) is 5.29. The van der Waals surface area contributed by atoms with E-state index in [1.54, 1.807) is 11.8 Å². The van der Waals surface area contributed by atoms with Gasteiger partial charge in [0.1, 0.15) is 0 Å². The van der Waals surface area contributed by atoms with E-state index in [1.807, 2.05) is 13.0 Å². The second-order valence-corrected chi connectivity index (χ2v) is 3.87. The second kappa shape index (κ2) is 4.42. The zero-order chi connectivity index (χ0) is 8.10. The van der Waals surface area contributed by atoms with Crippen LogP contribution in [0.3, 0.4) is 0 Å². The van der Waals surface area contributed by atoms with Crippen molar-refractivity contribution in [1.29, 1.82) is 0 Å². The quantitative estimate of drug-likeness (QED) is 0.699. The number of rotatable bonds is 3. The summed E-state index contributed by atoms with van der Waals surface area (Å²) in [4.78, 5) is 0. The molecular formula is C9H13NS. The third kappa shape index (κ3) is 3.44. The number of thioether (sulfide) groups is 1. The highest BCUT2D eigenvalue weighted by atomic mass is 32.2. The van der Waals surface area contributed by atoms with Crippen LogP contribution in [0.15, 0.2) is 30.3 Å². The summed E-state index contributed by atoms with van der Waals surface area (Å²) in [5, 5.41) is 0.232. The van der Waals surface area contributed by atoms with E-state index in [2.05, 4.69) is 24.3 Å². The molecule has 0 aliphatic carbocycles. The van der Waals surface area contributed by atoms with Gasteiger partial charge < -0.3 is 5.73 Å². The van der Waals surface area contributed by atoms with Crippen LogP contribution >= 0.6 is 11.8 Å². The summed E-state index contributed by atoms with van der Waals surface area (Å²) in [5.74, 6) is 1.01. The van der Waals surface area contributed by atoms with Gasteiger partial charge in [-0.15, -0.1) is 11.8 Å². The zero-order valence-electron chi connectivity index (χ0n) is 6.66. The maximum atomic E-state index is 5.60. The van der Waals surface area contributed by atoms with Crippen LogP contribution in [0.5, 0.6) is 0 Å². The predicted molar refractivity (Wildman–Crippen MR) is 51.4 cm³/mol. The Labute approximate surface area is 72.0 Å². The fourth-order valence-corrected chi connectivity index (χ4v) is 1.45. The van der Waals surface area contributed by atoms with Crippen molar-refractivity contribution in [3.63, 3.8) is 0 Å². The Balaban J connectivity index is 2.39. The van der Waals surface area contributed by atoms with Gasteiger partial charge in [0, 0.05) is 11.1 Å². The molecule has 2 heteroatoms. The molecule has 0 radical (unpaired) electrons. The van der Waals surface area contributed by atoms with Gasteiger partial charge in [-0.3, -0.25) is 0 Å². The van der Waals surface area contributed by atoms with E-state index in [9.17, 15) is 0 Å². The van der Waals surface area contributed by atoms with Crippen LogP contribution in [0.1, 0.15) is 12.5 Å². The van der Waals surface area contributed by atoms with Gasteiger partial charge >= 0.3 is 0 Å².